The molecule has 0 bridgehead atoms. The van der Waals surface area contributed by atoms with Crippen molar-refractivity contribution in [2.24, 2.45) is 0 Å². The van der Waals surface area contributed by atoms with Gasteiger partial charge in [0.2, 0.25) is 0 Å². The van der Waals surface area contributed by atoms with Gasteiger partial charge in [0.05, 0.1) is 11.5 Å². The van der Waals surface area contributed by atoms with E-state index in [9.17, 15) is 14.9 Å². The molecule has 0 atom stereocenters. The first kappa shape index (κ1) is 20.3. The van der Waals surface area contributed by atoms with Crippen molar-refractivity contribution in [3.63, 3.8) is 0 Å². The number of nitrogens with one attached hydrogen (secondary N) is 1. The molecular weight excluding hydrogens is 368 g/mol. The Morgan fingerprint density at radius 2 is 1.72 bits per heavy atom. The lowest BCUT2D eigenvalue weighted by molar-refractivity contribution is -0.386. The van der Waals surface area contributed by atoms with Gasteiger partial charge in [0.15, 0.2) is 0 Å². The van der Waals surface area contributed by atoms with E-state index < -0.39 is 4.92 Å². The van der Waals surface area contributed by atoms with E-state index in [1.807, 2.05) is 36.4 Å². The van der Waals surface area contributed by atoms with Gasteiger partial charge in [-0.1, -0.05) is 38.1 Å². The monoisotopic (exact) mass is 392 g/mol. The lowest BCUT2D eigenvalue weighted by atomic mass is 10.0. The highest BCUT2D eigenvalue weighted by atomic mass is 16.6. The Morgan fingerprint density at radius 1 is 1.10 bits per heavy atom. The fraction of sp³-hybridized carbons (Fsp3) is 0.273. The Labute approximate surface area is 169 Å². The maximum atomic E-state index is 12.5. The van der Waals surface area contributed by atoms with Crippen molar-refractivity contribution in [3.8, 4) is 0 Å². The first-order valence-electron chi connectivity index (χ1n) is 9.45. The molecule has 0 aliphatic carbocycles. The summed E-state index contributed by atoms with van der Waals surface area (Å²) < 4.78 is 1.61. The van der Waals surface area contributed by atoms with Crippen molar-refractivity contribution in [1.29, 1.82) is 0 Å². The second kappa shape index (κ2) is 8.26. The van der Waals surface area contributed by atoms with Gasteiger partial charge in [-0.25, -0.2) is 0 Å². The largest absolute Gasteiger partial charge is 0.322 e. The average molecular weight is 392 g/mol. The van der Waals surface area contributed by atoms with Crippen LogP contribution in [-0.2, 0) is 6.54 Å². The summed E-state index contributed by atoms with van der Waals surface area (Å²) in [7, 11) is 0. The molecule has 0 saturated heterocycles. The summed E-state index contributed by atoms with van der Waals surface area (Å²) >= 11 is 0. The Hall–Kier alpha value is -3.48. The molecule has 0 fully saturated rings. The standard InChI is InChI=1S/C22H24N4O3/c1-14(2)18-9-11-20(12-10-18)23-22(27)19-7-5-17(6-8-19)13-25-16(4)21(26(28)29)15(3)24-25/h5-12,14H,13H2,1-4H3,(H,23,27). The quantitative estimate of drug-likeness (QED) is 0.480. The molecule has 2 aromatic carbocycles. The Kier molecular flexibility index (Phi) is 5.77. The average Bonchev–Trinajstić information content (AvgIpc) is 2.96. The number of hydrogen-bond donors (Lipinski definition) is 1. The van der Waals surface area contributed by atoms with Crippen LogP contribution in [0.25, 0.3) is 0 Å². The van der Waals surface area contributed by atoms with Gasteiger partial charge in [-0.3, -0.25) is 19.6 Å². The van der Waals surface area contributed by atoms with Crippen molar-refractivity contribution in [2.75, 3.05) is 5.32 Å². The fourth-order valence-electron chi connectivity index (χ4n) is 3.19. The van der Waals surface area contributed by atoms with Gasteiger partial charge in [-0.2, -0.15) is 5.10 Å². The number of carbonyl (C=O) groups is 1. The lowest BCUT2D eigenvalue weighted by Gasteiger charge is -2.09. The zero-order valence-corrected chi connectivity index (χ0v) is 17.0. The Balaban J connectivity index is 1.69. The highest BCUT2D eigenvalue weighted by Gasteiger charge is 2.21. The second-order valence-corrected chi connectivity index (χ2v) is 7.36. The van der Waals surface area contributed by atoms with Gasteiger partial charge >= 0.3 is 5.69 Å². The van der Waals surface area contributed by atoms with Crippen LogP contribution < -0.4 is 5.32 Å². The smallest absolute Gasteiger partial charge is 0.312 e. The van der Waals surface area contributed by atoms with Gasteiger partial charge in [0.1, 0.15) is 11.4 Å². The number of amides is 1. The molecule has 1 heterocycles. The van der Waals surface area contributed by atoms with E-state index in [4.69, 9.17) is 0 Å². The topological polar surface area (TPSA) is 90.1 Å². The summed E-state index contributed by atoms with van der Waals surface area (Å²) in [6.07, 6.45) is 0. The molecule has 0 aliphatic heterocycles. The van der Waals surface area contributed by atoms with Crippen LogP contribution in [0.1, 0.15) is 52.6 Å². The number of hydrogen-bond acceptors (Lipinski definition) is 4. The van der Waals surface area contributed by atoms with Crippen LogP contribution in [0.4, 0.5) is 11.4 Å². The third-order valence-electron chi connectivity index (χ3n) is 4.91. The minimum Gasteiger partial charge on any atom is -0.322 e. The van der Waals surface area contributed by atoms with Crippen LogP contribution in [0.3, 0.4) is 0 Å². The summed E-state index contributed by atoms with van der Waals surface area (Å²) in [5.41, 5.74) is 4.37. The molecular formula is C22H24N4O3. The van der Waals surface area contributed by atoms with Gasteiger partial charge in [0, 0.05) is 11.3 Å². The summed E-state index contributed by atoms with van der Waals surface area (Å²) in [5.74, 6) is 0.256. The van der Waals surface area contributed by atoms with Crippen LogP contribution in [0.15, 0.2) is 48.5 Å². The van der Waals surface area contributed by atoms with E-state index in [0.717, 1.165) is 11.3 Å². The first-order chi connectivity index (χ1) is 13.8. The minimum absolute atomic E-state index is 0.0458. The van der Waals surface area contributed by atoms with E-state index in [2.05, 4.69) is 24.3 Å². The molecule has 0 radical (unpaired) electrons. The van der Waals surface area contributed by atoms with E-state index >= 15 is 0 Å². The van der Waals surface area contributed by atoms with Crippen molar-refractivity contribution in [1.82, 2.24) is 9.78 Å². The van der Waals surface area contributed by atoms with Gasteiger partial charge in [-0.15, -0.1) is 0 Å². The van der Waals surface area contributed by atoms with Crippen molar-refractivity contribution >= 4 is 17.3 Å². The summed E-state index contributed by atoms with van der Waals surface area (Å²) in [5, 5.41) is 18.3. The number of anilines is 1. The number of aryl methyl sites for hydroxylation is 1. The molecule has 150 valence electrons. The van der Waals surface area contributed by atoms with Gasteiger partial charge in [0.25, 0.3) is 5.91 Å². The lowest BCUT2D eigenvalue weighted by Crippen LogP contribution is -2.12. The van der Waals surface area contributed by atoms with Crippen LogP contribution in [0.5, 0.6) is 0 Å². The molecule has 7 nitrogen and oxygen atoms in total. The predicted octanol–water partition coefficient (Wildman–Crippen LogP) is 4.83. The molecule has 0 spiro atoms. The Bertz CT molecular complexity index is 1040. The zero-order chi connectivity index (χ0) is 21.1. The van der Waals surface area contributed by atoms with E-state index in [-0.39, 0.29) is 11.6 Å². The van der Waals surface area contributed by atoms with Gasteiger partial charge in [-0.05, 0) is 55.2 Å². The molecule has 3 rings (SSSR count). The number of benzene rings is 2. The maximum Gasteiger partial charge on any atom is 0.312 e. The number of rotatable bonds is 6. The van der Waals surface area contributed by atoms with Crippen LogP contribution in [-0.4, -0.2) is 20.6 Å². The summed E-state index contributed by atoms with van der Waals surface area (Å²) in [4.78, 5) is 23.2. The van der Waals surface area contributed by atoms with E-state index in [1.165, 1.54) is 5.56 Å². The molecule has 1 aromatic heterocycles. The fourth-order valence-corrected chi connectivity index (χ4v) is 3.19. The van der Waals surface area contributed by atoms with Crippen molar-refractivity contribution in [3.05, 3.63) is 86.7 Å². The van der Waals surface area contributed by atoms with Crippen LogP contribution in [0, 0.1) is 24.0 Å². The van der Waals surface area contributed by atoms with Gasteiger partial charge < -0.3 is 5.32 Å². The number of aromatic nitrogens is 2. The normalized spacial score (nSPS) is 10.9. The van der Waals surface area contributed by atoms with Crippen molar-refractivity contribution < 1.29 is 9.72 Å². The number of nitro groups is 1. The third kappa shape index (κ3) is 4.51. The molecule has 1 N–H and O–H groups in total. The van der Waals surface area contributed by atoms with E-state index in [1.54, 1.807) is 30.7 Å². The predicted molar refractivity (Wildman–Crippen MR) is 112 cm³/mol. The molecule has 0 unspecified atom stereocenters. The highest BCUT2D eigenvalue weighted by molar-refractivity contribution is 6.04. The molecule has 7 heteroatoms. The summed E-state index contributed by atoms with van der Waals surface area (Å²) in [6.45, 7) is 7.96. The third-order valence-corrected chi connectivity index (χ3v) is 4.91. The highest BCUT2D eigenvalue weighted by Crippen LogP contribution is 2.23. The second-order valence-electron chi connectivity index (χ2n) is 7.36. The first-order valence-corrected chi connectivity index (χ1v) is 9.45. The molecule has 3 aromatic rings. The van der Waals surface area contributed by atoms with E-state index in [0.29, 0.717) is 29.4 Å². The van der Waals surface area contributed by atoms with Crippen LogP contribution in [0.2, 0.25) is 0 Å². The van der Waals surface area contributed by atoms with Crippen LogP contribution >= 0.6 is 0 Å². The van der Waals surface area contributed by atoms with Crippen molar-refractivity contribution in [2.45, 2.75) is 40.2 Å². The molecule has 1 amide bonds. The number of carbonyl (C=O) groups excluding carboxylic acids is 1. The Morgan fingerprint density at radius 3 is 2.24 bits per heavy atom. The molecule has 0 saturated carbocycles. The molecule has 0 aliphatic rings. The zero-order valence-electron chi connectivity index (χ0n) is 17.0. The number of nitrogens with zero attached hydrogens (tertiary/aromatic N) is 3. The summed E-state index contributed by atoms with van der Waals surface area (Å²) in [6, 6.07) is 15.0. The molecule has 29 heavy (non-hydrogen) atoms. The SMILES string of the molecule is Cc1nn(Cc2ccc(C(=O)Nc3ccc(C(C)C)cc3)cc2)c(C)c1[N+](=O)[O-]. The minimum atomic E-state index is -0.407. The maximum absolute atomic E-state index is 12.5.